The molecule has 1 heterocycles. The number of benzene rings is 2. The van der Waals surface area contributed by atoms with E-state index in [9.17, 15) is 9.59 Å². The number of carbonyl (C=O) groups is 2. The van der Waals surface area contributed by atoms with Gasteiger partial charge in [0, 0.05) is 5.56 Å². The van der Waals surface area contributed by atoms with Crippen LogP contribution in [0.4, 0.5) is 0 Å². The van der Waals surface area contributed by atoms with Crippen LogP contribution < -0.4 is 0 Å². The highest BCUT2D eigenvalue weighted by atomic mass is 35.5. The van der Waals surface area contributed by atoms with Crippen molar-refractivity contribution in [2.75, 3.05) is 6.61 Å². The number of esters is 1. The normalized spacial score (nSPS) is 11.3. The fourth-order valence-electron chi connectivity index (χ4n) is 2.33. The van der Waals surface area contributed by atoms with Gasteiger partial charge in [-0.25, -0.2) is 4.79 Å². The zero-order valence-electron chi connectivity index (χ0n) is 14.7. The molecule has 0 fully saturated rings. The lowest BCUT2D eigenvalue weighted by Crippen LogP contribution is -2.19. The molecule has 0 N–H and O–H groups in total. The number of tetrazole rings is 1. The van der Waals surface area contributed by atoms with Gasteiger partial charge in [0.15, 0.2) is 23.9 Å². The van der Waals surface area contributed by atoms with Gasteiger partial charge in [0.2, 0.25) is 0 Å². The number of aryl methyl sites for hydroxylation is 1. The van der Waals surface area contributed by atoms with Crippen LogP contribution >= 0.6 is 23.2 Å². The molecule has 7 nitrogen and oxygen atoms in total. The minimum absolute atomic E-state index is 0.0793. The van der Waals surface area contributed by atoms with Gasteiger partial charge in [-0.15, -0.1) is 5.10 Å². The molecule has 3 rings (SSSR count). The summed E-state index contributed by atoms with van der Waals surface area (Å²) in [6.45, 7) is 1.18. The Kier molecular flexibility index (Phi) is 6.18. The van der Waals surface area contributed by atoms with Crippen molar-refractivity contribution in [1.29, 1.82) is 0 Å². The lowest BCUT2D eigenvalue weighted by molar-refractivity contribution is -0.136. The van der Waals surface area contributed by atoms with Crippen LogP contribution in [0.15, 0.2) is 48.5 Å². The highest BCUT2D eigenvalue weighted by Crippen LogP contribution is 2.23. The highest BCUT2D eigenvalue weighted by molar-refractivity contribution is 6.42. The topological polar surface area (TPSA) is 87.0 Å². The van der Waals surface area contributed by atoms with Crippen LogP contribution in [-0.4, -0.2) is 38.6 Å². The number of hydrogen-bond donors (Lipinski definition) is 0. The quantitative estimate of drug-likeness (QED) is 0.345. The second-order valence-electron chi connectivity index (χ2n) is 5.71. The zero-order chi connectivity index (χ0) is 20.1. The molecule has 0 aliphatic rings. The summed E-state index contributed by atoms with van der Waals surface area (Å²) in [6.07, 6.45) is 1.58. The van der Waals surface area contributed by atoms with Gasteiger partial charge in [0.1, 0.15) is 0 Å². The van der Waals surface area contributed by atoms with Crippen molar-refractivity contribution in [1.82, 2.24) is 20.2 Å². The molecule has 3 aromatic rings. The summed E-state index contributed by atoms with van der Waals surface area (Å²) in [5.41, 5.74) is 1.12. The molecule has 28 heavy (non-hydrogen) atoms. The minimum atomic E-state index is -0.743. The van der Waals surface area contributed by atoms with Crippen LogP contribution in [-0.2, 0) is 9.53 Å². The Morgan fingerprint density at radius 2 is 1.86 bits per heavy atom. The average Bonchev–Trinajstić information content (AvgIpc) is 3.12. The smallest absolute Gasteiger partial charge is 0.357 e. The van der Waals surface area contributed by atoms with Gasteiger partial charge in [0.25, 0.3) is 0 Å². The molecule has 142 valence electrons. The number of aromatic nitrogens is 4. The Morgan fingerprint density at radius 3 is 2.50 bits per heavy atom. The summed E-state index contributed by atoms with van der Waals surface area (Å²) in [4.78, 5) is 25.0. The highest BCUT2D eigenvalue weighted by Gasteiger charge is 2.19. The molecule has 0 radical (unpaired) electrons. The van der Waals surface area contributed by atoms with E-state index in [0.717, 1.165) is 5.56 Å². The fraction of sp³-hybridized carbons (Fsp3) is 0.105. The lowest BCUT2D eigenvalue weighted by atomic mass is 10.1. The number of rotatable bonds is 6. The third-order valence-corrected chi connectivity index (χ3v) is 4.48. The van der Waals surface area contributed by atoms with E-state index in [0.29, 0.717) is 10.8 Å². The molecule has 0 bridgehead atoms. The zero-order valence-corrected chi connectivity index (χ0v) is 16.2. The van der Waals surface area contributed by atoms with Crippen molar-refractivity contribution >= 4 is 46.7 Å². The maximum atomic E-state index is 12.6. The lowest BCUT2D eigenvalue weighted by Gasteiger charge is -2.09. The predicted octanol–water partition coefficient (Wildman–Crippen LogP) is 3.71. The Balaban J connectivity index is 1.80. The molecule has 1 aromatic heterocycles. The number of halogens is 2. The molecule has 0 saturated carbocycles. The number of ether oxygens (including phenoxy) is 1. The van der Waals surface area contributed by atoms with Crippen LogP contribution in [0.25, 0.3) is 11.8 Å². The van der Waals surface area contributed by atoms with Crippen LogP contribution in [0.5, 0.6) is 0 Å². The van der Waals surface area contributed by atoms with Crippen LogP contribution in [0.3, 0.4) is 0 Å². The first-order chi connectivity index (χ1) is 13.5. The largest absolute Gasteiger partial charge is 0.453 e. The van der Waals surface area contributed by atoms with E-state index in [1.165, 1.54) is 22.9 Å². The molecule has 0 amide bonds. The second kappa shape index (κ2) is 8.77. The van der Waals surface area contributed by atoms with E-state index in [1.807, 2.05) is 30.3 Å². The Labute approximate surface area is 170 Å². The predicted molar refractivity (Wildman–Crippen MR) is 105 cm³/mol. The van der Waals surface area contributed by atoms with Gasteiger partial charge >= 0.3 is 5.97 Å². The Hall–Kier alpha value is -3.03. The van der Waals surface area contributed by atoms with Crippen LogP contribution in [0.1, 0.15) is 21.7 Å². The van der Waals surface area contributed by atoms with E-state index in [-0.39, 0.29) is 16.3 Å². The van der Waals surface area contributed by atoms with E-state index in [2.05, 4.69) is 15.5 Å². The molecular formula is C19H14Cl2N4O3. The van der Waals surface area contributed by atoms with Gasteiger partial charge in [-0.3, -0.25) is 4.79 Å². The monoisotopic (exact) mass is 416 g/mol. The molecule has 0 saturated heterocycles. The first kappa shape index (κ1) is 19.7. The molecule has 0 unspecified atom stereocenters. The van der Waals surface area contributed by atoms with E-state index in [4.69, 9.17) is 27.9 Å². The minimum Gasteiger partial charge on any atom is -0.453 e. The molecule has 0 atom stereocenters. The molecule has 2 aromatic carbocycles. The Morgan fingerprint density at radius 1 is 1.11 bits per heavy atom. The number of Topliss-reactive ketones (excluding diaryl/α,β-unsaturated/α-hetero) is 1. The molecule has 0 aliphatic carbocycles. The van der Waals surface area contributed by atoms with Crippen LogP contribution in [0.2, 0.25) is 10.0 Å². The first-order valence-electron chi connectivity index (χ1n) is 8.13. The summed E-state index contributed by atoms with van der Waals surface area (Å²) in [5, 5.41) is 11.7. The summed E-state index contributed by atoms with van der Waals surface area (Å²) < 4.78 is 6.44. The summed E-state index contributed by atoms with van der Waals surface area (Å²) in [7, 11) is 0. The Bertz CT molecular complexity index is 1050. The van der Waals surface area contributed by atoms with Gasteiger partial charge in [-0.1, -0.05) is 53.5 Å². The number of carbonyl (C=O) groups excluding carboxylic acids is 2. The van der Waals surface area contributed by atoms with Crippen molar-refractivity contribution in [2.45, 2.75) is 6.92 Å². The van der Waals surface area contributed by atoms with Gasteiger partial charge < -0.3 is 4.74 Å². The molecule has 9 heteroatoms. The molecule has 0 aliphatic heterocycles. The summed E-state index contributed by atoms with van der Waals surface area (Å²) in [5.74, 6) is -0.762. The first-order valence-corrected chi connectivity index (χ1v) is 8.89. The van der Waals surface area contributed by atoms with Gasteiger partial charge in [-0.05, 0) is 47.2 Å². The van der Waals surface area contributed by atoms with Gasteiger partial charge in [-0.2, -0.15) is 4.68 Å². The number of hydrogen-bond acceptors (Lipinski definition) is 6. The maximum absolute atomic E-state index is 12.6. The maximum Gasteiger partial charge on any atom is 0.357 e. The average molecular weight is 417 g/mol. The number of nitrogens with zero attached hydrogens (tertiary/aromatic N) is 4. The standard InChI is InChI=1S/C19H14Cl2N4O3/c1-12-22-23-24-25(12)17(9-13-5-3-2-4-6-13)19(27)28-11-18(26)14-7-8-15(20)16(21)10-14/h2-10H,11H2,1H3/b17-9-. The molecule has 0 spiro atoms. The summed E-state index contributed by atoms with van der Waals surface area (Å²) >= 11 is 11.8. The third kappa shape index (κ3) is 4.62. The summed E-state index contributed by atoms with van der Waals surface area (Å²) in [6, 6.07) is 13.6. The fourth-order valence-corrected chi connectivity index (χ4v) is 2.62. The number of ketones is 1. The van der Waals surface area contributed by atoms with Crippen LogP contribution in [0, 0.1) is 6.92 Å². The van der Waals surface area contributed by atoms with Crippen molar-refractivity contribution in [3.63, 3.8) is 0 Å². The SMILES string of the molecule is Cc1nnnn1/C(=C\c1ccccc1)C(=O)OCC(=O)c1ccc(Cl)c(Cl)c1. The van der Waals surface area contributed by atoms with Gasteiger partial charge in [0.05, 0.1) is 10.0 Å². The van der Waals surface area contributed by atoms with E-state index in [1.54, 1.807) is 13.0 Å². The van der Waals surface area contributed by atoms with E-state index >= 15 is 0 Å². The second-order valence-corrected chi connectivity index (χ2v) is 6.52. The van der Waals surface area contributed by atoms with Crippen molar-refractivity contribution in [3.8, 4) is 0 Å². The van der Waals surface area contributed by atoms with Crippen molar-refractivity contribution in [3.05, 3.63) is 75.5 Å². The molecular weight excluding hydrogens is 403 g/mol. The van der Waals surface area contributed by atoms with Crippen molar-refractivity contribution in [2.24, 2.45) is 0 Å². The van der Waals surface area contributed by atoms with Crippen molar-refractivity contribution < 1.29 is 14.3 Å². The third-order valence-electron chi connectivity index (χ3n) is 3.74. The van der Waals surface area contributed by atoms with E-state index < -0.39 is 18.4 Å².